The Bertz CT molecular complexity index is 2830. The fraction of sp³-hybridized carbons (Fsp3) is 0.0204. The molecule has 1 aliphatic heterocycles. The molecular formula is C49H33N3O. The van der Waals surface area contributed by atoms with Crippen molar-refractivity contribution in [3.05, 3.63) is 205 Å². The molecule has 10 rings (SSSR count). The van der Waals surface area contributed by atoms with Gasteiger partial charge in [0.05, 0.1) is 0 Å². The maximum atomic E-state index is 6.53. The van der Waals surface area contributed by atoms with E-state index in [0.29, 0.717) is 5.84 Å². The van der Waals surface area contributed by atoms with Crippen LogP contribution >= 0.6 is 0 Å². The van der Waals surface area contributed by atoms with Crippen molar-refractivity contribution >= 4 is 44.4 Å². The Morgan fingerprint density at radius 2 is 1.02 bits per heavy atom. The van der Waals surface area contributed by atoms with Crippen LogP contribution in [0.5, 0.6) is 0 Å². The summed E-state index contributed by atoms with van der Waals surface area (Å²) in [6, 6.07) is 65.9. The number of amidine groups is 2. The summed E-state index contributed by atoms with van der Waals surface area (Å²) < 4.78 is 6.53. The van der Waals surface area contributed by atoms with Crippen molar-refractivity contribution in [1.29, 1.82) is 0 Å². The van der Waals surface area contributed by atoms with Crippen LogP contribution < -0.4 is 5.32 Å². The number of hydrogen-bond donors (Lipinski definition) is 1. The Morgan fingerprint density at radius 3 is 1.75 bits per heavy atom. The van der Waals surface area contributed by atoms with Gasteiger partial charge in [0.2, 0.25) is 0 Å². The molecule has 0 saturated heterocycles. The predicted octanol–water partition coefficient (Wildman–Crippen LogP) is 12.2. The zero-order valence-electron chi connectivity index (χ0n) is 28.8. The molecule has 53 heavy (non-hydrogen) atoms. The first-order valence-electron chi connectivity index (χ1n) is 17.9. The van der Waals surface area contributed by atoms with Gasteiger partial charge in [0, 0.05) is 21.9 Å². The summed E-state index contributed by atoms with van der Waals surface area (Å²) in [6.07, 6.45) is -0.357. The lowest BCUT2D eigenvalue weighted by molar-refractivity contribution is 0.668. The van der Waals surface area contributed by atoms with Gasteiger partial charge in [-0.3, -0.25) is 0 Å². The zero-order valence-corrected chi connectivity index (χ0v) is 28.8. The number of nitrogens with one attached hydrogen (secondary N) is 1. The minimum Gasteiger partial charge on any atom is -0.456 e. The highest BCUT2D eigenvalue weighted by atomic mass is 16.3. The Kier molecular flexibility index (Phi) is 7.51. The first-order chi connectivity index (χ1) is 26.2. The number of rotatable bonds is 6. The first-order valence-corrected chi connectivity index (χ1v) is 17.9. The molecule has 2 heterocycles. The van der Waals surface area contributed by atoms with E-state index >= 15 is 0 Å². The van der Waals surface area contributed by atoms with Crippen molar-refractivity contribution in [2.45, 2.75) is 6.17 Å². The highest BCUT2D eigenvalue weighted by Gasteiger charge is 2.24. The summed E-state index contributed by atoms with van der Waals surface area (Å²) in [5, 5.41) is 8.10. The molecule has 8 aromatic carbocycles. The third-order valence-corrected chi connectivity index (χ3v) is 10.1. The zero-order chi connectivity index (χ0) is 35.1. The number of hydrogen-bond acceptors (Lipinski definition) is 4. The van der Waals surface area contributed by atoms with Crippen molar-refractivity contribution in [2.75, 3.05) is 0 Å². The number of furan rings is 1. The molecule has 4 heteroatoms. The van der Waals surface area contributed by atoms with Gasteiger partial charge >= 0.3 is 0 Å². The summed E-state index contributed by atoms with van der Waals surface area (Å²) in [6.45, 7) is 0. The lowest BCUT2D eigenvalue weighted by atomic mass is 9.96. The van der Waals surface area contributed by atoms with E-state index in [1.54, 1.807) is 0 Å². The van der Waals surface area contributed by atoms with Crippen LogP contribution in [0, 0.1) is 0 Å². The van der Waals surface area contributed by atoms with Gasteiger partial charge in [-0.1, -0.05) is 164 Å². The van der Waals surface area contributed by atoms with Crippen molar-refractivity contribution in [1.82, 2.24) is 5.32 Å². The molecule has 0 fully saturated rings. The maximum Gasteiger partial charge on any atom is 0.160 e. The molecule has 1 unspecified atom stereocenters. The standard InChI is InChI=1S/C49H33N3O/c1-3-11-32(12-4-1)34-19-21-35(22-20-34)36-23-26-38(27-24-36)48-50-47(37-14-5-2-6-15-37)51-49(52-48)43-30-41(40-28-25-33-13-7-8-16-39(33)29-40)31-45-46(43)42-17-9-10-18-44(42)53-45/h1-31,48H,(H,50,51,52). The largest absolute Gasteiger partial charge is 0.456 e. The molecule has 1 aromatic heterocycles. The molecule has 1 atom stereocenters. The van der Waals surface area contributed by atoms with Crippen LogP contribution in [0.2, 0.25) is 0 Å². The van der Waals surface area contributed by atoms with E-state index in [1.807, 2.05) is 36.4 Å². The highest BCUT2D eigenvalue weighted by molar-refractivity contribution is 6.22. The van der Waals surface area contributed by atoms with Gasteiger partial charge in [0.25, 0.3) is 0 Å². The van der Waals surface area contributed by atoms with E-state index in [-0.39, 0.29) is 6.17 Å². The monoisotopic (exact) mass is 679 g/mol. The number of fused-ring (bicyclic) bond motifs is 4. The topological polar surface area (TPSA) is 49.9 Å². The van der Waals surface area contributed by atoms with Gasteiger partial charge < -0.3 is 9.73 Å². The SMILES string of the molecule is c1ccc(C2=NC(c3cc(-c4ccc5ccccc5c4)cc4oc5ccccc5c34)=NC(c3ccc(-c4ccc(-c5ccccc5)cc4)cc3)N2)cc1. The lowest BCUT2D eigenvalue weighted by Crippen LogP contribution is -2.33. The number of nitrogens with zero attached hydrogens (tertiary/aromatic N) is 2. The highest BCUT2D eigenvalue weighted by Crippen LogP contribution is 2.38. The van der Waals surface area contributed by atoms with Crippen molar-refractivity contribution in [2.24, 2.45) is 9.98 Å². The van der Waals surface area contributed by atoms with E-state index in [9.17, 15) is 0 Å². The summed E-state index contributed by atoms with van der Waals surface area (Å²) in [4.78, 5) is 10.6. The fourth-order valence-electron chi connectivity index (χ4n) is 7.39. The molecule has 0 amide bonds. The Morgan fingerprint density at radius 1 is 0.434 bits per heavy atom. The Balaban J connectivity index is 1.09. The average Bonchev–Trinajstić information content (AvgIpc) is 3.62. The van der Waals surface area contributed by atoms with Gasteiger partial charge in [0.1, 0.15) is 23.2 Å². The molecule has 0 saturated carbocycles. The average molecular weight is 680 g/mol. The molecule has 0 spiro atoms. The van der Waals surface area contributed by atoms with E-state index in [1.165, 1.54) is 27.5 Å². The van der Waals surface area contributed by atoms with Gasteiger partial charge in [-0.05, 0) is 74.0 Å². The number of para-hydroxylation sites is 1. The third-order valence-electron chi connectivity index (χ3n) is 10.1. The van der Waals surface area contributed by atoms with Crippen molar-refractivity contribution in [3.8, 4) is 33.4 Å². The molecule has 0 bridgehead atoms. The molecule has 4 nitrogen and oxygen atoms in total. The molecule has 0 aliphatic carbocycles. The Hall–Kier alpha value is -7.04. The van der Waals surface area contributed by atoms with Crippen LogP contribution in [0.15, 0.2) is 202 Å². The second-order valence-corrected chi connectivity index (χ2v) is 13.4. The van der Waals surface area contributed by atoms with E-state index in [4.69, 9.17) is 14.4 Å². The summed E-state index contributed by atoms with van der Waals surface area (Å²) in [5.41, 5.74) is 11.5. The number of benzene rings is 8. The maximum absolute atomic E-state index is 6.53. The normalized spacial score (nSPS) is 14.2. The summed E-state index contributed by atoms with van der Waals surface area (Å²) in [7, 11) is 0. The molecule has 9 aromatic rings. The smallest absolute Gasteiger partial charge is 0.160 e. The van der Waals surface area contributed by atoms with Crippen LogP contribution in [-0.2, 0) is 0 Å². The molecule has 250 valence electrons. The van der Waals surface area contributed by atoms with E-state index < -0.39 is 0 Å². The van der Waals surface area contributed by atoms with Crippen LogP contribution in [0.3, 0.4) is 0 Å². The van der Waals surface area contributed by atoms with Crippen LogP contribution in [0.25, 0.3) is 66.1 Å². The summed E-state index contributed by atoms with van der Waals surface area (Å²) in [5.74, 6) is 1.44. The van der Waals surface area contributed by atoms with Gasteiger partial charge in [0.15, 0.2) is 5.84 Å². The quantitative estimate of drug-likeness (QED) is 0.190. The van der Waals surface area contributed by atoms with Gasteiger partial charge in [-0.2, -0.15) is 0 Å². The lowest BCUT2D eigenvalue weighted by Gasteiger charge is -2.24. The minimum absolute atomic E-state index is 0.357. The first kappa shape index (κ1) is 30.8. The predicted molar refractivity (Wildman–Crippen MR) is 219 cm³/mol. The molecule has 1 aliphatic rings. The summed E-state index contributed by atoms with van der Waals surface area (Å²) >= 11 is 0. The van der Waals surface area contributed by atoms with Crippen molar-refractivity contribution in [3.63, 3.8) is 0 Å². The molecule has 1 N–H and O–H groups in total. The Labute approximate surface area is 307 Å². The van der Waals surface area contributed by atoms with E-state index in [2.05, 4.69) is 157 Å². The second kappa shape index (κ2) is 12.9. The third kappa shape index (κ3) is 5.77. The molecule has 0 radical (unpaired) electrons. The van der Waals surface area contributed by atoms with Crippen molar-refractivity contribution < 1.29 is 4.42 Å². The number of aliphatic imine (C=N–C) groups is 2. The minimum atomic E-state index is -0.357. The molecular weight excluding hydrogens is 647 g/mol. The fourth-order valence-corrected chi connectivity index (χ4v) is 7.39. The van der Waals surface area contributed by atoms with Gasteiger partial charge in [-0.25, -0.2) is 9.98 Å². The van der Waals surface area contributed by atoms with Crippen LogP contribution in [0.1, 0.15) is 22.9 Å². The van der Waals surface area contributed by atoms with Gasteiger partial charge in [-0.15, -0.1) is 0 Å². The van der Waals surface area contributed by atoms with Crippen LogP contribution in [0.4, 0.5) is 0 Å². The van der Waals surface area contributed by atoms with E-state index in [0.717, 1.165) is 61.2 Å². The van der Waals surface area contributed by atoms with Crippen LogP contribution in [-0.4, -0.2) is 11.7 Å². The second-order valence-electron chi connectivity index (χ2n) is 13.4.